The van der Waals surface area contributed by atoms with Gasteiger partial charge in [-0.2, -0.15) is 15.3 Å². The van der Waals surface area contributed by atoms with Crippen molar-refractivity contribution in [2.75, 3.05) is 0 Å². The van der Waals surface area contributed by atoms with Crippen LogP contribution in [0.5, 0.6) is 0 Å². The molecule has 6 aromatic rings. The molecule has 0 fully saturated rings. The molecule has 1 aliphatic heterocycles. The van der Waals surface area contributed by atoms with Crippen LogP contribution in [0, 0.1) is 0 Å². The Kier molecular flexibility index (Phi) is 4.31. The quantitative estimate of drug-likeness (QED) is 0.363. The summed E-state index contributed by atoms with van der Waals surface area (Å²) in [5.41, 5.74) is 8.42. The van der Waals surface area contributed by atoms with Gasteiger partial charge in [-0.1, -0.05) is 36.4 Å². The van der Waals surface area contributed by atoms with Gasteiger partial charge in [-0.3, -0.25) is 15.2 Å². The summed E-state index contributed by atoms with van der Waals surface area (Å²) in [5.74, 6) is 0. The van der Waals surface area contributed by atoms with Gasteiger partial charge < -0.3 is 9.67 Å². The van der Waals surface area contributed by atoms with E-state index in [-0.39, 0.29) is 0 Å². The molecule has 3 aromatic carbocycles. The molecular formula is C27H23N7O. The normalized spacial score (nSPS) is 15.5. The van der Waals surface area contributed by atoms with Crippen molar-refractivity contribution in [3.05, 3.63) is 94.9 Å². The maximum atomic E-state index is 11.3. The molecule has 0 bridgehead atoms. The first kappa shape index (κ1) is 20.0. The van der Waals surface area contributed by atoms with Crippen LogP contribution < -0.4 is 0 Å². The summed E-state index contributed by atoms with van der Waals surface area (Å²) < 4.78 is 2.09. The van der Waals surface area contributed by atoms with Crippen LogP contribution in [0.15, 0.2) is 72.1 Å². The molecular weight excluding hydrogens is 438 g/mol. The van der Waals surface area contributed by atoms with E-state index in [9.17, 15) is 5.11 Å². The molecule has 3 N–H and O–H groups in total. The van der Waals surface area contributed by atoms with Crippen molar-refractivity contribution in [1.82, 2.24) is 30.0 Å². The highest BCUT2D eigenvalue weighted by atomic mass is 16.3. The number of hydrogen-bond donors (Lipinski definition) is 3. The van der Waals surface area contributed by atoms with E-state index in [1.165, 1.54) is 11.1 Å². The first-order valence-corrected chi connectivity index (χ1v) is 11.6. The van der Waals surface area contributed by atoms with Gasteiger partial charge in [0.25, 0.3) is 0 Å². The zero-order valence-corrected chi connectivity index (χ0v) is 19.1. The number of nitrogens with one attached hydrogen (secondary N) is 2. The number of benzene rings is 3. The second-order valence-electron chi connectivity index (χ2n) is 9.10. The highest BCUT2D eigenvalue weighted by Gasteiger charge is 2.29. The lowest BCUT2D eigenvalue weighted by Gasteiger charge is -2.29. The van der Waals surface area contributed by atoms with Crippen LogP contribution in [0.2, 0.25) is 0 Å². The summed E-state index contributed by atoms with van der Waals surface area (Å²) in [5, 5.41) is 35.4. The predicted octanol–water partition coefficient (Wildman–Crippen LogP) is 4.36. The number of aromatic nitrogens is 5. The van der Waals surface area contributed by atoms with Crippen LogP contribution in [0.1, 0.15) is 34.2 Å². The first-order valence-electron chi connectivity index (χ1n) is 11.6. The third-order valence-electron chi connectivity index (χ3n) is 7.09. The van der Waals surface area contributed by atoms with E-state index < -0.39 is 6.23 Å². The van der Waals surface area contributed by atoms with Gasteiger partial charge in [-0.05, 0) is 41.3 Å². The Balaban J connectivity index is 1.24. The molecule has 172 valence electrons. The van der Waals surface area contributed by atoms with E-state index in [2.05, 4.69) is 60.4 Å². The van der Waals surface area contributed by atoms with Crippen molar-refractivity contribution in [2.45, 2.75) is 19.2 Å². The number of hydrogen-bond acceptors (Lipinski definition) is 5. The molecule has 1 unspecified atom stereocenters. The minimum atomic E-state index is -0.849. The van der Waals surface area contributed by atoms with Crippen LogP contribution >= 0.6 is 0 Å². The number of fused-ring (bicyclic) bond motifs is 5. The van der Waals surface area contributed by atoms with E-state index in [1.54, 1.807) is 5.01 Å². The summed E-state index contributed by atoms with van der Waals surface area (Å²) >= 11 is 0. The Morgan fingerprint density at radius 2 is 1.60 bits per heavy atom. The number of aliphatic hydroxyl groups is 1. The molecule has 0 saturated heterocycles. The minimum Gasteiger partial charge on any atom is -0.367 e. The SMILES string of the molecule is Cn1c2c(c3ccc(Cc4cccc5[nH]ncc45)cc31)C=NN(Cc1cccc3[nH]ncc13)C2O. The van der Waals surface area contributed by atoms with E-state index in [0.717, 1.165) is 56.0 Å². The van der Waals surface area contributed by atoms with E-state index >= 15 is 0 Å². The van der Waals surface area contributed by atoms with Crippen LogP contribution in [0.3, 0.4) is 0 Å². The molecule has 0 radical (unpaired) electrons. The molecule has 1 atom stereocenters. The second kappa shape index (κ2) is 7.54. The van der Waals surface area contributed by atoms with E-state index in [4.69, 9.17) is 0 Å². The third kappa shape index (κ3) is 3.07. The predicted molar refractivity (Wildman–Crippen MR) is 136 cm³/mol. The van der Waals surface area contributed by atoms with Crippen LogP contribution in [-0.4, -0.2) is 41.3 Å². The van der Waals surface area contributed by atoms with Crippen molar-refractivity contribution < 1.29 is 5.11 Å². The van der Waals surface area contributed by atoms with Gasteiger partial charge in [0, 0.05) is 34.3 Å². The molecule has 3 aromatic heterocycles. The molecule has 4 heterocycles. The summed E-state index contributed by atoms with van der Waals surface area (Å²) in [6.07, 6.45) is 5.53. The van der Waals surface area contributed by atoms with E-state index in [0.29, 0.717) is 6.54 Å². The highest BCUT2D eigenvalue weighted by molar-refractivity contribution is 6.02. The topological polar surface area (TPSA) is 98.1 Å². The third-order valence-corrected chi connectivity index (χ3v) is 7.09. The smallest absolute Gasteiger partial charge is 0.184 e. The highest BCUT2D eigenvalue weighted by Crippen LogP contribution is 2.35. The average molecular weight is 462 g/mol. The largest absolute Gasteiger partial charge is 0.367 e. The summed E-state index contributed by atoms with van der Waals surface area (Å²) in [4.78, 5) is 0. The van der Waals surface area contributed by atoms with Gasteiger partial charge in [0.15, 0.2) is 6.23 Å². The molecule has 0 saturated carbocycles. The number of nitrogens with zero attached hydrogens (tertiary/aromatic N) is 5. The lowest BCUT2D eigenvalue weighted by atomic mass is 10.00. The molecule has 35 heavy (non-hydrogen) atoms. The van der Waals surface area contributed by atoms with Gasteiger partial charge in [-0.25, -0.2) is 0 Å². The molecule has 1 aliphatic rings. The monoisotopic (exact) mass is 461 g/mol. The number of aromatic amines is 2. The first-order chi connectivity index (χ1) is 17.2. The van der Waals surface area contributed by atoms with Gasteiger partial charge in [0.05, 0.1) is 41.9 Å². The van der Waals surface area contributed by atoms with Crippen molar-refractivity contribution in [3.8, 4) is 0 Å². The average Bonchev–Trinajstić information content (AvgIpc) is 3.60. The molecule has 8 nitrogen and oxygen atoms in total. The Bertz CT molecular complexity index is 1760. The number of H-pyrrole nitrogens is 2. The minimum absolute atomic E-state index is 0.482. The van der Waals surface area contributed by atoms with Crippen molar-refractivity contribution in [3.63, 3.8) is 0 Å². The number of hydrazone groups is 1. The van der Waals surface area contributed by atoms with Crippen LogP contribution in [0.25, 0.3) is 32.7 Å². The zero-order valence-electron chi connectivity index (χ0n) is 19.1. The zero-order chi connectivity index (χ0) is 23.5. The summed E-state index contributed by atoms with van der Waals surface area (Å²) in [6, 6.07) is 18.8. The van der Waals surface area contributed by atoms with Gasteiger partial charge in [-0.15, -0.1) is 0 Å². The van der Waals surface area contributed by atoms with E-state index in [1.807, 2.05) is 49.9 Å². The summed E-state index contributed by atoms with van der Waals surface area (Å²) in [7, 11) is 2.01. The molecule has 0 amide bonds. The van der Waals surface area contributed by atoms with Gasteiger partial charge in [0.2, 0.25) is 0 Å². The van der Waals surface area contributed by atoms with Crippen LogP contribution in [-0.2, 0) is 20.0 Å². The fourth-order valence-corrected chi connectivity index (χ4v) is 5.30. The fourth-order valence-electron chi connectivity index (χ4n) is 5.30. The number of rotatable bonds is 4. The standard InChI is InChI=1S/C27H23N7O/c1-33-25-11-16(10-17-4-2-6-23-20(17)12-28-31-23)8-9-19(25)22-14-30-34(27(35)26(22)33)15-18-5-3-7-24-21(18)13-29-32-24/h2-9,11-14,27,35H,10,15H2,1H3,(H,28,31)(H,29,32). The summed E-state index contributed by atoms with van der Waals surface area (Å²) in [6.45, 7) is 0.482. The lowest BCUT2D eigenvalue weighted by Crippen LogP contribution is -2.28. The molecule has 0 aliphatic carbocycles. The Morgan fingerprint density at radius 3 is 2.37 bits per heavy atom. The molecule has 0 spiro atoms. The second-order valence-corrected chi connectivity index (χ2v) is 9.10. The maximum Gasteiger partial charge on any atom is 0.184 e. The Labute approximate surface area is 200 Å². The maximum absolute atomic E-state index is 11.3. The Morgan fingerprint density at radius 1 is 0.886 bits per heavy atom. The lowest BCUT2D eigenvalue weighted by molar-refractivity contribution is -0.00970. The molecule has 8 heteroatoms. The Hall–Kier alpha value is -4.43. The van der Waals surface area contributed by atoms with Gasteiger partial charge >= 0.3 is 0 Å². The van der Waals surface area contributed by atoms with Crippen molar-refractivity contribution >= 4 is 38.9 Å². The van der Waals surface area contributed by atoms with Gasteiger partial charge in [0.1, 0.15) is 0 Å². The number of aryl methyl sites for hydroxylation is 1. The van der Waals surface area contributed by atoms with Crippen LogP contribution in [0.4, 0.5) is 0 Å². The fraction of sp³-hybridized carbons (Fsp3) is 0.148. The van der Waals surface area contributed by atoms with Crippen molar-refractivity contribution in [1.29, 1.82) is 0 Å². The van der Waals surface area contributed by atoms with Crippen molar-refractivity contribution in [2.24, 2.45) is 12.1 Å². The molecule has 7 rings (SSSR count). The number of aliphatic hydroxyl groups excluding tert-OH is 1.